The van der Waals surface area contributed by atoms with Crippen LogP contribution in [0.25, 0.3) is 0 Å². The van der Waals surface area contributed by atoms with Gasteiger partial charge in [0.1, 0.15) is 11.8 Å². The Hall–Kier alpha value is -2.91. The van der Waals surface area contributed by atoms with E-state index >= 15 is 0 Å². The number of sulfonamides is 1. The predicted molar refractivity (Wildman–Crippen MR) is 141 cm³/mol. The van der Waals surface area contributed by atoms with Gasteiger partial charge in [-0.05, 0) is 49.1 Å². The smallest absolute Gasteiger partial charge is 0.242 e. The van der Waals surface area contributed by atoms with Crippen molar-refractivity contribution in [2.45, 2.75) is 63.4 Å². The molecule has 0 aromatic heterocycles. The van der Waals surface area contributed by atoms with Crippen molar-refractivity contribution < 1.29 is 22.7 Å². The van der Waals surface area contributed by atoms with Crippen LogP contribution in [0.3, 0.4) is 0 Å². The number of ether oxygens (including phenoxy) is 1. The van der Waals surface area contributed by atoms with Gasteiger partial charge >= 0.3 is 0 Å². The first-order chi connectivity index (χ1) is 17.2. The van der Waals surface area contributed by atoms with Gasteiger partial charge in [0, 0.05) is 33.1 Å². The molecule has 1 atom stereocenters. The lowest BCUT2D eigenvalue weighted by Crippen LogP contribution is -2.49. The van der Waals surface area contributed by atoms with Crippen LogP contribution in [0, 0.1) is 0 Å². The van der Waals surface area contributed by atoms with Crippen LogP contribution < -0.4 is 10.1 Å². The molecule has 2 amide bonds. The van der Waals surface area contributed by atoms with Crippen molar-refractivity contribution in [2.24, 2.45) is 0 Å². The average Bonchev–Trinajstić information content (AvgIpc) is 2.89. The minimum absolute atomic E-state index is 0.129. The van der Waals surface area contributed by atoms with Gasteiger partial charge in [0.2, 0.25) is 21.8 Å². The van der Waals surface area contributed by atoms with Crippen LogP contribution in [0.2, 0.25) is 0 Å². The lowest BCUT2D eigenvalue weighted by Gasteiger charge is -2.31. The first-order valence-electron chi connectivity index (χ1n) is 12.5. The summed E-state index contributed by atoms with van der Waals surface area (Å²) in [6.07, 6.45) is 2.78. The maximum Gasteiger partial charge on any atom is 0.242 e. The third kappa shape index (κ3) is 8.34. The molecule has 0 aliphatic carbocycles. The van der Waals surface area contributed by atoms with E-state index in [1.54, 1.807) is 42.3 Å². The van der Waals surface area contributed by atoms with Crippen molar-refractivity contribution in [1.29, 1.82) is 0 Å². The third-order valence-electron chi connectivity index (χ3n) is 6.04. The van der Waals surface area contributed by atoms with Crippen LogP contribution >= 0.6 is 0 Å². The van der Waals surface area contributed by atoms with Gasteiger partial charge in [0.05, 0.1) is 12.0 Å². The Morgan fingerprint density at radius 2 is 1.67 bits per heavy atom. The predicted octanol–water partition coefficient (Wildman–Crippen LogP) is 3.82. The highest BCUT2D eigenvalue weighted by molar-refractivity contribution is 7.89. The molecule has 2 aromatic carbocycles. The lowest BCUT2D eigenvalue weighted by atomic mass is 10.1. The van der Waals surface area contributed by atoms with Crippen LogP contribution in [0.5, 0.6) is 5.75 Å². The Labute approximate surface area is 215 Å². The molecule has 2 rings (SSSR count). The Morgan fingerprint density at radius 3 is 2.25 bits per heavy atom. The summed E-state index contributed by atoms with van der Waals surface area (Å²) < 4.78 is 32.0. The van der Waals surface area contributed by atoms with Crippen LogP contribution in [-0.2, 0) is 26.2 Å². The van der Waals surface area contributed by atoms with E-state index in [0.717, 1.165) is 18.4 Å². The van der Waals surface area contributed by atoms with E-state index in [0.29, 0.717) is 25.1 Å². The van der Waals surface area contributed by atoms with Crippen LogP contribution in [0.15, 0.2) is 59.5 Å². The van der Waals surface area contributed by atoms with Gasteiger partial charge in [0.25, 0.3) is 0 Å². The summed E-state index contributed by atoms with van der Waals surface area (Å²) in [4.78, 5) is 28.1. The highest BCUT2D eigenvalue weighted by Crippen LogP contribution is 2.18. The molecule has 0 aliphatic heterocycles. The highest BCUT2D eigenvalue weighted by Gasteiger charge is 2.28. The summed E-state index contributed by atoms with van der Waals surface area (Å²) in [6, 6.07) is 15.0. The van der Waals surface area contributed by atoms with E-state index in [1.165, 1.54) is 11.4 Å². The van der Waals surface area contributed by atoms with Crippen molar-refractivity contribution in [1.82, 2.24) is 14.5 Å². The third-order valence-corrected chi connectivity index (χ3v) is 7.91. The molecule has 8 nitrogen and oxygen atoms in total. The number of nitrogens with zero attached hydrogens (tertiary/aromatic N) is 2. The summed E-state index contributed by atoms with van der Waals surface area (Å²) in [7, 11) is -0.524. The fraction of sp³-hybridized carbons (Fsp3) is 0.481. The van der Waals surface area contributed by atoms with E-state index in [4.69, 9.17) is 4.74 Å². The van der Waals surface area contributed by atoms with Gasteiger partial charge in [-0.15, -0.1) is 0 Å². The molecule has 0 saturated heterocycles. The second kappa shape index (κ2) is 14.6. The Bertz CT molecular complexity index is 1060. The maximum atomic E-state index is 13.4. The average molecular weight is 518 g/mol. The highest BCUT2D eigenvalue weighted by atomic mass is 32.2. The fourth-order valence-corrected chi connectivity index (χ4v) is 5.07. The molecular formula is C27H39N3O5S. The van der Waals surface area contributed by atoms with Gasteiger partial charge in [-0.1, -0.05) is 50.6 Å². The van der Waals surface area contributed by atoms with Gasteiger partial charge in [-0.25, -0.2) is 12.7 Å². The SMILES string of the molecule is CCCCNC(=O)C(CC)N(Cc1ccc(OC)cc1)C(=O)CCCN(C)S(=O)(=O)c1ccccc1. The van der Waals surface area contributed by atoms with Gasteiger partial charge in [-0.3, -0.25) is 9.59 Å². The summed E-state index contributed by atoms with van der Waals surface area (Å²) in [5.74, 6) is 0.356. The number of unbranched alkanes of at least 4 members (excludes halogenated alkanes) is 1. The van der Waals surface area contributed by atoms with Crippen LogP contribution in [-0.4, -0.2) is 62.7 Å². The summed E-state index contributed by atoms with van der Waals surface area (Å²) in [5, 5.41) is 2.95. The molecule has 1 N–H and O–H groups in total. The molecule has 0 bridgehead atoms. The second-order valence-corrected chi connectivity index (χ2v) is 10.7. The zero-order valence-corrected chi connectivity index (χ0v) is 22.6. The van der Waals surface area contributed by atoms with E-state index in [1.807, 2.05) is 31.2 Å². The molecule has 36 heavy (non-hydrogen) atoms. The molecule has 198 valence electrons. The first-order valence-corrected chi connectivity index (χ1v) is 13.9. The largest absolute Gasteiger partial charge is 0.497 e. The van der Waals surface area contributed by atoms with Gasteiger partial charge < -0.3 is 15.0 Å². The van der Waals surface area contributed by atoms with Crippen molar-refractivity contribution in [2.75, 3.05) is 27.2 Å². The normalized spacial score (nSPS) is 12.2. The number of hydrogen-bond acceptors (Lipinski definition) is 5. The second-order valence-electron chi connectivity index (χ2n) is 8.68. The molecule has 0 spiro atoms. The number of methoxy groups -OCH3 is 1. The number of amides is 2. The van der Waals surface area contributed by atoms with E-state index in [9.17, 15) is 18.0 Å². The van der Waals surface area contributed by atoms with Crippen LogP contribution in [0.4, 0.5) is 0 Å². The van der Waals surface area contributed by atoms with Gasteiger partial charge in [-0.2, -0.15) is 0 Å². The standard InChI is InChI=1S/C27H39N3O5S/c1-5-7-19-28-27(32)25(6-2)30(21-22-15-17-23(35-4)18-16-22)26(31)14-11-20-29(3)36(33,34)24-12-9-8-10-13-24/h8-10,12-13,15-18,25H,5-7,11,14,19-21H2,1-4H3,(H,28,32). The minimum atomic E-state index is -3.63. The number of nitrogens with one attached hydrogen (secondary N) is 1. The fourth-order valence-electron chi connectivity index (χ4n) is 3.84. The van der Waals surface area contributed by atoms with E-state index in [-0.39, 0.29) is 36.2 Å². The number of rotatable bonds is 15. The number of carbonyl (C=O) groups excluding carboxylic acids is 2. The molecule has 0 saturated carbocycles. The lowest BCUT2D eigenvalue weighted by molar-refractivity contribution is -0.141. The number of benzene rings is 2. The summed E-state index contributed by atoms with van der Waals surface area (Å²) >= 11 is 0. The van der Waals surface area contributed by atoms with Crippen molar-refractivity contribution in [3.63, 3.8) is 0 Å². The zero-order valence-electron chi connectivity index (χ0n) is 21.8. The quantitative estimate of drug-likeness (QED) is 0.363. The Balaban J connectivity index is 2.11. The van der Waals surface area contributed by atoms with Crippen molar-refractivity contribution >= 4 is 21.8 Å². The molecular weight excluding hydrogens is 478 g/mol. The van der Waals surface area contributed by atoms with E-state index in [2.05, 4.69) is 12.2 Å². The van der Waals surface area contributed by atoms with E-state index < -0.39 is 16.1 Å². The molecule has 2 aromatic rings. The molecule has 0 aliphatic rings. The maximum absolute atomic E-state index is 13.4. The number of carbonyl (C=O) groups is 2. The van der Waals surface area contributed by atoms with Crippen molar-refractivity contribution in [3.05, 3.63) is 60.2 Å². The number of hydrogen-bond donors (Lipinski definition) is 1. The Morgan fingerprint density at radius 1 is 1.00 bits per heavy atom. The molecule has 0 heterocycles. The van der Waals surface area contributed by atoms with Crippen LogP contribution in [0.1, 0.15) is 51.5 Å². The summed E-state index contributed by atoms with van der Waals surface area (Å²) in [6.45, 7) is 4.98. The monoisotopic (exact) mass is 517 g/mol. The molecule has 0 fully saturated rings. The molecule has 9 heteroatoms. The summed E-state index contributed by atoms with van der Waals surface area (Å²) in [5.41, 5.74) is 0.882. The van der Waals surface area contributed by atoms with Crippen molar-refractivity contribution in [3.8, 4) is 5.75 Å². The minimum Gasteiger partial charge on any atom is -0.497 e. The zero-order chi connectivity index (χ0) is 26.6. The molecule has 1 unspecified atom stereocenters. The Kier molecular flexibility index (Phi) is 11.9. The molecule has 0 radical (unpaired) electrons. The topological polar surface area (TPSA) is 96.0 Å². The van der Waals surface area contributed by atoms with Gasteiger partial charge in [0.15, 0.2) is 0 Å². The first kappa shape index (κ1) is 29.3.